The lowest BCUT2D eigenvalue weighted by molar-refractivity contribution is 0.242. The zero-order valence-electron chi connectivity index (χ0n) is 10.5. The third-order valence-electron chi connectivity index (χ3n) is 3.15. The molecule has 0 unspecified atom stereocenters. The summed E-state index contributed by atoms with van der Waals surface area (Å²) in [6.07, 6.45) is 4.23. The number of benzene rings is 1. The highest BCUT2D eigenvalue weighted by atomic mass is 35.5. The van der Waals surface area contributed by atoms with Crippen LogP contribution in [0.2, 0.25) is 0 Å². The minimum atomic E-state index is 0. The molecular weight excluding hydrogens is 250 g/mol. The first-order chi connectivity index (χ1) is 7.84. The molecule has 17 heavy (non-hydrogen) atoms. The molecular formula is C14H22ClNS. The summed E-state index contributed by atoms with van der Waals surface area (Å²) in [5.74, 6) is 1.23. The molecule has 0 bridgehead atoms. The zero-order valence-corrected chi connectivity index (χ0v) is 12.2. The van der Waals surface area contributed by atoms with Crippen LogP contribution in [0.3, 0.4) is 0 Å². The van der Waals surface area contributed by atoms with Crippen LogP contribution in [0.5, 0.6) is 0 Å². The third-order valence-corrected chi connectivity index (χ3v) is 4.14. The van der Waals surface area contributed by atoms with Crippen molar-refractivity contribution < 1.29 is 0 Å². The Balaban J connectivity index is 0.00000144. The van der Waals surface area contributed by atoms with Gasteiger partial charge in [0.2, 0.25) is 0 Å². The number of nitrogens with zero attached hydrogens (tertiary/aromatic N) is 1. The van der Waals surface area contributed by atoms with Crippen LogP contribution in [0.1, 0.15) is 24.8 Å². The third kappa shape index (κ3) is 5.33. The van der Waals surface area contributed by atoms with Crippen LogP contribution in [0.4, 0.5) is 0 Å². The van der Waals surface area contributed by atoms with Crippen LogP contribution in [0.25, 0.3) is 0 Å². The Morgan fingerprint density at radius 3 is 2.35 bits per heavy atom. The van der Waals surface area contributed by atoms with Gasteiger partial charge >= 0.3 is 0 Å². The summed E-state index contributed by atoms with van der Waals surface area (Å²) in [5.41, 5.74) is 1.35. The van der Waals surface area contributed by atoms with Gasteiger partial charge in [0, 0.05) is 17.2 Å². The first kappa shape index (κ1) is 14.9. The second-order valence-electron chi connectivity index (χ2n) is 4.56. The number of thioether (sulfide) groups is 1. The summed E-state index contributed by atoms with van der Waals surface area (Å²) < 4.78 is 0. The van der Waals surface area contributed by atoms with E-state index in [1.165, 1.54) is 55.1 Å². The van der Waals surface area contributed by atoms with Crippen LogP contribution < -0.4 is 0 Å². The largest absolute Gasteiger partial charge is 0.303 e. The molecule has 0 amide bonds. The molecule has 1 aliphatic heterocycles. The van der Waals surface area contributed by atoms with Gasteiger partial charge in [0.05, 0.1) is 0 Å². The molecule has 0 saturated carbocycles. The van der Waals surface area contributed by atoms with Crippen molar-refractivity contribution in [2.24, 2.45) is 0 Å². The molecule has 0 radical (unpaired) electrons. The SMILES string of the molecule is Cc1ccc(SCCN2CCCCC2)cc1.Cl. The van der Waals surface area contributed by atoms with Gasteiger partial charge in [-0.05, 0) is 45.0 Å². The highest BCUT2D eigenvalue weighted by Gasteiger charge is 2.08. The number of aryl methyl sites for hydroxylation is 1. The lowest BCUT2D eigenvalue weighted by atomic mass is 10.1. The number of likely N-dealkylation sites (tertiary alicyclic amines) is 1. The zero-order chi connectivity index (χ0) is 11.2. The summed E-state index contributed by atoms with van der Waals surface area (Å²) in [7, 11) is 0. The summed E-state index contributed by atoms with van der Waals surface area (Å²) in [6, 6.07) is 8.86. The molecule has 1 aliphatic rings. The van der Waals surface area contributed by atoms with Crippen molar-refractivity contribution in [3.63, 3.8) is 0 Å². The van der Waals surface area contributed by atoms with Crippen molar-refractivity contribution in [1.82, 2.24) is 4.90 Å². The Kier molecular flexibility index (Phi) is 7.02. The summed E-state index contributed by atoms with van der Waals surface area (Å²) in [5, 5.41) is 0. The van der Waals surface area contributed by atoms with E-state index in [0.717, 1.165) is 0 Å². The molecule has 3 heteroatoms. The molecule has 1 aromatic rings. The van der Waals surface area contributed by atoms with Crippen molar-refractivity contribution >= 4 is 24.2 Å². The topological polar surface area (TPSA) is 3.24 Å². The van der Waals surface area contributed by atoms with Gasteiger partial charge in [-0.15, -0.1) is 24.2 Å². The van der Waals surface area contributed by atoms with Gasteiger partial charge in [0.15, 0.2) is 0 Å². The summed E-state index contributed by atoms with van der Waals surface area (Å²) in [6.45, 7) is 6.02. The van der Waals surface area contributed by atoms with E-state index in [1.54, 1.807) is 0 Å². The molecule has 2 rings (SSSR count). The Morgan fingerprint density at radius 2 is 1.71 bits per heavy atom. The van der Waals surface area contributed by atoms with Gasteiger partial charge in [-0.25, -0.2) is 0 Å². The van der Waals surface area contributed by atoms with Crippen molar-refractivity contribution in [1.29, 1.82) is 0 Å². The average Bonchev–Trinajstić information content (AvgIpc) is 2.33. The van der Waals surface area contributed by atoms with Gasteiger partial charge in [0.25, 0.3) is 0 Å². The minimum absolute atomic E-state index is 0. The van der Waals surface area contributed by atoms with Crippen molar-refractivity contribution in [2.75, 3.05) is 25.4 Å². The van der Waals surface area contributed by atoms with Crippen LogP contribution >= 0.6 is 24.2 Å². The number of hydrogen-bond acceptors (Lipinski definition) is 2. The van der Waals surface area contributed by atoms with E-state index in [1.807, 2.05) is 11.8 Å². The van der Waals surface area contributed by atoms with Crippen LogP contribution in [0.15, 0.2) is 29.2 Å². The lowest BCUT2D eigenvalue weighted by Crippen LogP contribution is -2.31. The Morgan fingerprint density at radius 1 is 1.06 bits per heavy atom. The number of halogens is 1. The van der Waals surface area contributed by atoms with E-state index in [-0.39, 0.29) is 12.4 Å². The van der Waals surface area contributed by atoms with Gasteiger partial charge in [-0.3, -0.25) is 0 Å². The number of hydrogen-bond donors (Lipinski definition) is 0. The minimum Gasteiger partial charge on any atom is -0.303 e. The predicted octanol–water partition coefficient (Wildman–Crippen LogP) is 3.99. The molecule has 96 valence electrons. The maximum absolute atomic E-state index is 2.60. The molecule has 1 fully saturated rings. The summed E-state index contributed by atoms with van der Waals surface area (Å²) in [4.78, 5) is 4.01. The Labute approximate surface area is 115 Å². The molecule has 1 aromatic carbocycles. The number of rotatable bonds is 4. The maximum Gasteiger partial charge on any atom is 0.0108 e. The van der Waals surface area contributed by atoms with E-state index in [2.05, 4.69) is 36.1 Å². The van der Waals surface area contributed by atoms with Gasteiger partial charge in [0.1, 0.15) is 0 Å². The standard InChI is InChI=1S/C14H21NS.ClH/c1-13-5-7-14(8-6-13)16-12-11-15-9-3-2-4-10-15;/h5-8H,2-4,9-12H2,1H3;1H. The van der Waals surface area contributed by atoms with Crippen LogP contribution in [0, 0.1) is 6.92 Å². The van der Waals surface area contributed by atoms with Crippen molar-refractivity contribution in [2.45, 2.75) is 31.1 Å². The fraction of sp³-hybridized carbons (Fsp3) is 0.571. The first-order valence-corrected chi connectivity index (χ1v) is 7.25. The Hall–Kier alpha value is -0.180. The van der Waals surface area contributed by atoms with Crippen LogP contribution in [-0.4, -0.2) is 30.3 Å². The normalized spacial score (nSPS) is 16.5. The molecule has 1 saturated heterocycles. The van der Waals surface area contributed by atoms with Crippen molar-refractivity contribution in [3.05, 3.63) is 29.8 Å². The highest BCUT2D eigenvalue weighted by Crippen LogP contribution is 2.19. The fourth-order valence-electron chi connectivity index (χ4n) is 2.11. The second kappa shape index (κ2) is 8.02. The maximum atomic E-state index is 2.60. The van der Waals surface area contributed by atoms with E-state index >= 15 is 0 Å². The van der Waals surface area contributed by atoms with E-state index in [9.17, 15) is 0 Å². The van der Waals surface area contributed by atoms with Gasteiger partial charge in [-0.2, -0.15) is 0 Å². The van der Waals surface area contributed by atoms with Gasteiger partial charge in [-0.1, -0.05) is 24.1 Å². The molecule has 0 aliphatic carbocycles. The molecule has 1 nitrogen and oxygen atoms in total. The van der Waals surface area contributed by atoms with E-state index in [4.69, 9.17) is 0 Å². The average molecular weight is 272 g/mol. The fourth-order valence-corrected chi connectivity index (χ4v) is 3.02. The van der Waals surface area contributed by atoms with E-state index in [0.29, 0.717) is 0 Å². The lowest BCUT2D eigenvalue weighted by Gasteiger charge is -2.26. The van der Waals surface area contributed by atoms with E-state index < -0.39 is 0 Å². The number of piperidine rings is 1. The first-order valence-electron chi connectivity index (χ1n) is 6.26. The molecule has 1 heterocycles. The quantitative estimate of drug-likeness (QED) is 0.762. The highest BCUT2D eigenvalue weighted by molar-refractivity contribution is 7.99. The smallest absolute Gasteiger partial charge is 0.0108 e. The molecule has 0 aromatic heterocycles. The predicted molar refractivity (Wildman–Crippen MR) is 79.4 cm³/mol. The second-order valence-corrected chi connectivity index (χ2v) is 5.73. The van der Waals surface area contributed by atoms with Crippen LogP contribution in [-0.2, 0) is 0 Å². The Bertz CT molecular complexity index is 307. The monoisotopic (exact) mass is 271 g/mol. The van der Waals surface area contributed by atoms with Gasteiger partial charge < -0.3 is 4.90 Å². The summed E-state index contributed by atoms with van der Waals surface area (Å²) >= 11 is 1.98. The molecule has 0 atom stereocenters. The van der Waals surface area contributed by atoms with Crippen molar-refractivity contribution in [3.8, 4) is 0 Å². The molecule has 0 spiro atoms. The molecule has 0 N–H and O–H groups in total.